The molecular weight excluding hydrogens is 312 g/mol. The summed E-state index contributed by atoms with van der Waals surface area (Å²) >= 11 is 0. The molecule has 3 heterocycles. The number of carbonyl (C=O) groups is 1. The molecule has 1 amide bonds. The molecule has 0 unspecified atom stereocenters. The van der Waals surface area contributed by atoms with Crippen molar-refractivity contribution in [1.82, 2.24) is 14.8 Å². The molecule has 25 heavy (non-hydrogen) atoms. The molecular formula is C20H24N4O. The Kier molecular flexibility index (Phi) is 4.76. The quantitative estimate of drug-likeness (QED) is 0.853. The van der Waals surface area contributed by atoms with Crippen molar-refractivity contribution in [3.63, 3.8) is 0 Å². The third-order valence-corrected chi connectivity index (χ3v) is 5.17. The summed E-state index contributed by atoms with van der Waals surface area (Å²) in [5, 5.41) is 0. The summed E-state index contributed by atoms with van der Waals surface area (Å²) in [4.78, 5) is 23.5. The van der Waals surface area contributed by atoms with E-state index in [0.717, 1.165) is 51.4 Å². The largest absolute Gasteiger partial charge is 0.311 e. The smallest absolute Gasteiger partial charge is 0.241 e. The fourth-order valence-corrected chi connectivity index (χ4v) is 3.73. The zero-order valence-electron chi connectivity index (χ0n) is 14.5. The second-order valence-corrected chi connectivity index (χ2v) is 6.83. The summed E-state index contributed by atoms with van der Waals surface area (Å²) in [6.45, 7) is 6.22. The number of carbonyl (C=O) groups excluding carboxylic acids is 1. The lowest BCUT2D eigenvalue weighted by atomic mass is 10.2. The standard InChI is InChI=1S/C20H24N4O/c25-20(24-10-7-18-3-1-2-4-19(18)24)16-23-13-11-22(12-14-23)15-17-5-8-21-9-6-17/h1-6,8-9H,7,10-16H2. The highest BCUT2D eigenvalue weighted by Gasteiger charge is 2.26. The van der Waals surface area contributed by atoms with Gasteiger partial charge in [0.1, 0.15) is 0 Å². The van der Waals surface area contributed by atoms with Gasteiger partial charge in [-0.1, -0.05) is 18.2 Å². The molecule has 1 aromatic heterocycles. The number of fused-ring (bicyclic) bond motifs is 1. The van der Waals surface area contributed by atoms with Crippen LogP contribution in [-0.2, 0) is 17.8 Å². The van der Waals surface area contributed by atoms with Gasteiger partial charge in [-0.05, 0) is 35.7 Å². The Hall–Kier alpha value is -2.24. The Morgan fingerprint density at radius 2 is 1.64 bits per heavy atom. The predicted molar refractivity (Wildman–Crippen MR) is 98.5 cm³/mol. The van der Waals surface area contributed by atoms with Gasteiger partial charge in [-0.2, -0.15) is 0 Å². The van der Waals surface area contributed by atoms with Crippen LogP contribution in [0.2, 0.25) is 0 Å². The van der Waals surface area contributed by atoms with E-state index in [-0.39, 0.29) is 5.91 Å². The predicted octanol–water partition coefficient (Wildman–Crippen LogP) is 1.79. The van der Waals surface area contributed by atoms with E-state index < -0.39 is 0 Å². The molecule has 0 aliphatic carbocycles. The van der Waals surface area contributed by atoms with E-state index in [0.29, 0.717) is 6.54 Å². The number of hydrogen-bond donors (Lipinski definition) is 0. The Morgan fingerprint density at radius 1 is 0.920 bits per heavy atom. The van der Waals surface area contributed by atoms with Gasteiger partial charge in [0.05, 0.1) is 6.54 Å². The van der Waals surface area contributed by atoms with E-state index in [1.54, 1.807) is 0 Å². The van der Waals surface area contributed by atoms with E-state index in [2.05, 4.69) is 45.1 Å². The van der Waals surface area contributed by atoms with Crippen LogP contribution in [0.1, 0.15) is 11.1 Å². The highest BCUT2D eigenvalue weighted by atomic mass is 16.2. The van der Waals surface area contributed by atoms with Gasteiger partial charge in [0.2, 0.25) is 5.91 Å². The van der Waals surface area contributed by atoms with Gasteiger partial charge in [0, 0.05) is 57.3 Å². The zero-order valence-corrected chi connectivity index (χ0v) is 14.5. The SMILES string of the molecule is O=C(CN1CCN(Cc2ccncc2)CC1)N1CCc2ccccc21. The van der Waals surface area contributed by atoms with Crippen LogP contribution in [0, 0.1) is 0 Å². The van der Waals surface area contributed by atoms with E-state index in [4.69, 9.17) is 0 Å². The Bertz CT molecular complexity index is 725. The van der Waals surface area contributed by atoms with E-state index in [1.165, 1.54) is 11.1 Å². The van der Waals surface area contributed by atoms with Gasteiger partial charge in [-0.25, -0.2) is 0 Å². The number of nitrogens with zero attached hydrogens (tertiary/aromatic N) is 4. The highest BCUT2D eigenvalue weighted by molar-refractivity contribution is 5.96. The molecule has 0 spiro atoms. The number of benzene rings is 1. The van der Waals surface area contributed by atoms with E-state index >= 15 is 0 Å². The van der Waals surface area contributed by atoms with Crippen molar-refractivity contribution in [1.29, 1.82) is 0 Å². The Morgan fingerprint density at radius 3 is 2.44 bits per heavy atom. The van der Waals surface area contributed by atoms with Crippen molar-refractivity contribution in [2.24, 2.45) is 0 Å². The third-order valence-electron chi connectivity index (χ3n) is 5.17. The molecule has 1 aromatic carbocycles. The maximum absolute atomic E-state index is 12.7. The van der Waals surface area contributed by atoms with Gasteiger partial charge in [0.15, 0.2) is 0 Å². The summed E-state index contributed by atoms with van der Waals surface area (Å²) in [6.07, 6.45) is 4.66. The van der Waals surface area contributed by atoms with Crippen LogP contribution >= 0.6 is 0 Å². The summed E-state index contributed by atoms with van der Waals surface area (Å²) in [7, 11) is 0. The monoisotopic (exact) mass is 336 g/mol. The van der Waals surface area contributed by atoms with Crippen molar-refractivity contribution in [2.45, 2.75) is 13.0 Å². The molecule has 5 heteroatoms. The van der Waals surface area contributed by atoms with Crippen LogP contribution in [0.25, 0.3) is 0 Å². The molecule has 1 saturated heterocycles. The average molecular weight is 336 g/mol. The second-order valence-electron chi connectivity index (χ2n) is 6.83. The van der Waals surface area contributed by atoms with E-state index in [1.807, 2.05) is 23.4 Å². The first-order valence-electron chi connectivity index (χ1n) is 9.01. The molecule has 5 nitrogen and oxygen atoms in total. The third kappa shape index (κ3) is 3.72. The molecule has 130 valence electrons. The molecule has 0 N–H and O–H groups in total. The van der Waals surface area contributed by atoms with Crippen molar-refractivity contribution < 1.29 is 4.79 Å². The van der Waals surface area contributed by atoms with Gasteiger partial charge < -0.3 is 4.90 Å². The number of aromatic nitrogens is 1. The average Bonchev–Trinajstić information content (AvgIpc) is 3.08. The highest BCUT2D eigenvalue weighted by Crippen LogP contribution is 2.27. The number of pyridine rings is 1. The minimum absolute atomic E-state index is 0.229. The zero-order chi connectivity index (χ0) is 17.1. The first-order chi connectivity index (χ1) is 12.3. The maximum Gasteiger partial charge on any atom is 0.241 e. The summed E-state index contributed by atoms with van der Waals surface area (Å²) < 4.78 is 0. The van der Waals surface area contributed by atoms with Crippen molar-refractivity contribution in [3.05, 3.63) is 59.9 Å². The summed E-state index contributed by atoms with van der Waals surface area (Å²) in [5.74, 6) is 0.229. The van der Waals surface area contributed by atoms with E-state index in [9.17, 15) is 4.79 Å². The first-order valence-corrected chi connectivity index (χ1v) is 9.01. The van der Waals surface area contributed by atoms with Crippen LogP contribution in [0.5, 0.6) is 0 Å². The topological polar surface area (TPSA) is 39.7 Å². The number of anilines is 1. The Balaban J connectivity index is 1.28. The second kappa shape index (κ2) is 7.33. The van der Waals surface area contributed by atoms with Gasteiger partial charge in [0.25, 0.3) is 0 Å². The Labute approximate surface area is 148 Å². The minimum Gasteiger partial charge on any atom is -0.311 e. The van der Waals surface area contributed by atoms with Crippen LogP contribution < -0.4 is 4.90 Å². The number of amides is 1. The summed E-state index contributed by atoms with van der Waals surface area (Å²) in [5.41, 5.74) is 3.69. The molecule has 0 saturated carbocycles. The molecule has 0 bridgehead atoms. The minimum atomic E-state index is 0.229. The maximum atomic E-state index is 12.7. The van der Waals surface area contributed by atoms with Gasteiger partial charge in [-0.3, -0.25) is 19.6 Å². The van der Waals surface area contributed by atoms with Crippen LogP contribution in [0.4, 0.5) is 5.69 Å². The molecule has 2 aliphatic rings. The molecule has 2 aliphatic heterocycles. The number of piperazine rings is 1. The van der Waals surface area contributed by atoms with Gasteiger partial charge in [-0.15, -0.1) is 0 Å². The normalized spacial score (nSPS) is 18.3. The number of para-hydroxylation sites is 1. The van der Waals surface area contributed by atoms with Crippen molar-refractivity contribution >= 4 is 11.6 Å². The van der Waals surface area contributed by atoms with Crippen LogP contribution in [-0.4, -0.2) is 60.0 Å². The lowest BCUT2D eigenvalue weighted by Crippen LogP contribution is -2.49. The number of hydrogen-bond acceptors (Lipinski definition) is 4. The van der Waals surface area contributed by atoms with Crippen molar-refractivity contribution in [3.8, 4) is 0 Å². The van der Waals surface area contributed by atoms with Crippen LogP contribution in [0.3, 0.4) is 0 Å². The molecule has 0 atom stereocenters. The number of rotatable bonds is 4. The fraction of sp³-hybridized carbons (Fsp3) is 0.400. The molecule has 2 aromatic rings. The lowest BCUT2D eigenvalue weighted by Gasteiger charge is -2.35. The first kappa shape index (κ1) is 16.2. The molecule has 4 rings (SSSR count). The summed E-state index contributed by atoms with van der Waals surface area (Å²) in [6, 6.07) is 12.4. The molecule has 0 radical (unpaired) electrons. The fourth-order valence-electron chi connectivity index (χ4n) is 3.73. The van der Waals surface area contributed by atoms with Crippen LogP contribution in [0.15, 0.2) is 48.8 Å². The molecule has 1 fully saturated rings. The van der Waals surface area contributed by atoms with Gasteiger partial charge >= 0.3 is 0 Å². The van der Waals surface area contributed by atoms with Crippen molar-refractivity contribution in [2.75, 3.05) is 44.2 Å². The lowest BCUT2D eigenvalue weighted by molar-refractivity contribution is -0.120.